The van der Waals surface area contributed by atoms with Gasteiger partial charge in [0.05, 0.1) is 17.9 Å². The van der Waals surface area contributed by atoms with Crippen molar-refractivity contribution in [2.24, 2.45) is 11.8 Å². The molecule has 0 bridgehead atoms. The number of hydrazine groups is 1. The highest BCUT2D eigenvalue weighted by Gasteiger charge is 2.37. The third-order valence-electron chi connectivity index (χ3n) is 5.28. The first-order chi connectivity index (χ1) is 11.1. The van der Waals surface area contributed by atoms with Gasteiger partial charge in [0, 0.05) is 6.04 Å². The Morgan fingerprint density at radius 2 is 1.78 bits per heavy atom. The van der Waals surface area contributed by atoms with Crippen molar-refractivity contribution < 1.29 is 4.74 Å². The van der Waals surface area contributed by atoms with Crippen LogP contribution in [0.5, 0.6) is 5.75 Å². The molecule has 4 heteroatoms. The molecule has 3 rings (SSSR count). The molecule has 1 aliphatic heterocycles. The minimum absolute atomic E-state index is 0.0617. The summed E-state index contributed by atoms with van der Waals surface area (Å²) in [5.41, 5.74) is 8.23. The van der Waals surface area contributed by atoms with Gasteiger partial charge in [-0.1, -0.05) is 13.8 Å². The lowest BCUT2D eigenvalue weighted by molar-refractivity contribution is 0.210. The van der Waals surface area contributed by atoms with E-state index in [2.05, 4.69) is 31.6 Å². The third-order valence-corrected chi connectivity index (χ3v) is 5.28. The second kappa shape index (κ2) is 7.02. The second-order valence-electron chi connectivity index (χ2n) is 7.34. The normalized spacial score (nSPS) is 28.4. The third kappa shape index (κ3) is 3.59. The summed E-state index contributed by atoms with van der Waals surface area (Å²) >= 11 is 0. The Hall–Kier alpha value is -1.39. The molecule has 2 aliphatic rings. The summed E-state index contributed by atoms with van der Waals surface area (Å²) in [6.07, 6.45) is 5.28. The molecule has 0 spiro atoms. The van der Waals surface area contributed by atoms with E-state index in [1.54, 1.807) is 0 Å². The lowest BCUT2D eigenvalue weighted by Gasteiger charge is -2.25. The van der Waals surface area contributed by atoms with Gasteiger partial charge in [0.2, 0.25) is 0 Å². The van der Waals surface area contributed by atoms with Gasteiger partial charge in [-0.05, 0) is 74.3 Å². The largest absolute Gasteiger partial charge is 0.490 e. The molecule has 2 fully saturated rings. The van der Waals surface area contributed by atoms with Crippen LogP contribution in [0, 0.1) is 17.2 Å². The molecular weight excluding hydrogens is 286 g/mol. The van der Waals surface area contributed by atoms with Crippen LogP contribution in [-0.2, 0) is 0 Å². The maximum atomic E-state index is 8.59. The van der Waals surface area contributed by atoms with Crippen molar-refractivity contribution in [1.29, 1.82) is 5.41 Å². The molecule has 1 aliphatic carbocycles. The molecule has 4 nitrogen and oxygen atoms in total. The molecule has 3 atom stereocenters. The van der Waals surface area contributed by atoms with Crippen molar-refractivity contribution in [3.8, 4) is 5.75 Å². The smallest absolute Gasteiger partial charge is 0.119 e. The molecular formula is C19H29N3O. The molecule has 3 N–H and O–H groups in total. The highest BCUT2D eigenvalue weighted by atomic mass is 16.5. The van der Waals surface area contributed by atoms with Crippen molar-refractivity contribution in [1.82, 2.24) is 10.9 Å². The number of benzene rings is 1. The molecule has 1 saturated heterocycles. The van der Waals surface area contributed by atoms with Crippen LogP contribution in [0.4, 0.5) is 0 Å². The van der Waals surface area contributed by atoms with Crippen LogP contribution >= 0.6 is 0 Å². The molecule has 126 valence electrons. The lowest BCUT2D eigenvalue weighted by atomic mass is 9.81. The van der Waals surface area contributed by atoms with Crippen LogP contribution in [0.1, 0.15) is 52.0 Å². The van der Waals surface area contributed by atoms with E-state index in [4.69, 9.17) is 10.1 Å². The molecule has 0 radical (unpaired) electrons. The highest BCUT2D eigenvalue weighted by Crippen LogP contribution is 2.27. The molecule has 1 aromatic rings. The fraction of sp³-hybridized carbons (Fsp3) is 0.632. The van der Waals surface area contributed by atoms with Gasteiger partial charge in [0.1, 0.15) is 5.75 Å². The molecule has 1 heterocycles. The van der Waals surface area contributed by atoms with Crippen molar-refractivity contribution >= 4 is 5.71 Å². The van der Waals surface area contributed by atoms with Crippen LogP contribution in [0.2, 0.25) is 0 Å². The molecule has 1 unspecified atom stereocenters. The summed E-state index contributed by atoms with van der Waals surface area (Å²) in [5, 5.41) is 8.59. The van der Waals surface area contributed by atoms with Gasteiger partial charge >= 0.3 is 0 Å². The Balaban J connectivity index is 1.67. The zero-order valence-corrected chi connectivity index (χ0v) is 14.4. The zero-order valence-electron chi connectivity index (χ0n) is 14.4. The van der Waals surface area contributed by atoms with Gasteiger partial charge in [-0.3, -0.25) is 5.43 Å². The lowest BCUT2D eigenvalue weighted by Crippen LogP contribution is -2.40. The van der Waals surface area contributed by atoms with E-state index in [1.807, 2.05) is 24.3 Å². The number of ether oxygens (including phenoxy) is 1. The number of hydrogen-bond acceptors (Lipinski definition) is 4. The topological polar surface area (TPSA) is 57.1 Å². The van der Waals surface area contributed by atoms with E-state index in [0.717, 1.165) is 11.3 Å². The van der Waals surface area contributed by atoms with E-state index < -0.39 is 0 Å². The molecule has 1 saturated carbocycles. The number of hydrogen-bond donors (Lipinski definition) is 3. The van der Waals surface area contributed by atoms with E-state index in [9.17, 15) is 0 Å². The van der Waals surface area contributed by atoms with Crippen molar-refractivity contribution in [2.45, 2.75) is 64.6 Å². The summed E-state index contributed by atoms with van der Waals surface area (Å²) in [5.74, 6) is 1.89. The van der Waals surface area contributed by atoms with E-state index in [0.29, 0.717) is 29.7 Å². The molecule has 0 amide bonds. The Morgan fingerprint density at radius 3 is 2.39 bits per heavy atom. The predicted molar refractivity (Wildman–Crippen MR) is 94.0 cm³/mol. The monoisotopic (exact) mass is 315 g/mol. The van der Waals surface area contributed by atoms with Crippen LogP contribution in [0.15, 0.2) is 24.3 Å². The quantitative estimate of drug-likeness (QED) is 0.729. The predicted octanol–water partition coefficient (Wildman–Crippen LogP) is 3.51. The number of nitrogens with one attached hydrogen (secondary N) is 3. The van der Waals surface area contributed by atoms with Gasteiger partial charge in [-0.25, -0.2) is 5.43 Å². The van der Waals surface area contributed by atoms with Gasteiger partial charge in [-0.2, -0.15) is 0 Å². The molecule has 1 aromatic carbocycles. The van der Waals surface area contributed by atoms with Crippen molar-refractivity contribution in [3.63, 3.8) is 0 Å². The molecule has 23 heavy (non-hydrogen) atoms. The Labute approximate surface area is 139 Å². The van der Waals surface area contributed by atoms with Gasteiger partial charge in [0.15, 0.2) is 0 Å². The molecule has 0 aromatic heterocycles. The van der Waals surface area contributed by atoms with Crippen LogP contribution in [0.25, 0.3) is 0 Å². The van der Waals surface area contributed by atoms with Crippen molar-refractivity contribution in [3.05, 3.63) is 29.8 Å². The summed E-state index contributed by atoms with van der Waals surface area (Å²) in [6, 6.07) is 8.51. The van der Waals surface area contributed by atoms with Gasteiger partial charge in [0.25, 0.3) is 0 Å². The van der Waals surface area contributed by atoms with E-state index >= 15 is 0 Å². The van der Waals surface area contributed by atoms with E-state index in [1.165, 1.54) is 25.7 Å². The standard InChI is InChI=1S/C19H29N3O/c1-12(2)17-13(3)21-22-19(17)18(20)14-8-10-16(11-9-14)23-15-6-4-5-7-15/h8-13,15,17,19-22H,4-7H2,1-3H3/t13-,17+,19?/m0/s1. The Kier molecular flexibility index (Phi) is 5.02. The minimum atomic E-state index is 0.0617. The van der Waals surface area contributed by atoms with Crippen LogP contribution < -0.4 is 15.6 Å². The first kappa shape index (κ1) is 16.5. The zero-order chi connectivity index (χ0) is 16.4. The maximum absolute atomic E-state index is 8.59. The summed E-state index contributed by atoms with van der Waals surface area (Å²) in [7, 11) is 0. The fourth-order valence-corrected chi connectivity index (χ4v) is 4.02. The van der Waals surface area contributed by atoms with Gasteiger partial charge < -0.3 is 10.1 Å². The average molecular weight is 315 g/mol. The minimum Gasteiger partial charge on any atom is -0.490 e. The maximum Gasteiger partial charge on any atom is 0.119 e. The second-order valence-corrected chi connectivity index (χ2v) is 7.34. The van der Waals surface area contributed by atoms with Gasteiger partial charge in [-0.15, -0.1) is 0 Å². The average Bonchev–Trinajstić information content (AvgIpc) is 3.16. The number of rotatable bonds is 5. The first-order valence-electron chi connectivity index (χ1n) is 8.93. The van der Waals surface area contributed by atoms with E-state index in [-0.39, 0.29) is 6.04 Å². The Morgan fingerprint density at radius 1 is 1.13 bits per heavy atom. The first-order valence-corrected chi connectivity index (χ1v) is 8.93. The Bertz CT molecular complexity index is 534. The van der Waals surface area contributed by atoms with Crippen LogP contribution in [-0.4, -0.2) is 23.9 Å². The fourth-order valence-electron chi connectivity index (χ4n) is 4.02. The SMILES string of the molecule is CC(C)[C@H]1C(C(=N)c2ccc(OC3CCCC3)cc2)NN[C@H]1C. The van der Waals surface area contributed by atoms with Crippen molar-refractivity contribution in [2.75, 3.05) is 0 Å². The van der Waals surface area contributed by atoms with Crippen LogP contribution in [0.3, 0.4) is 0 Å². The summed E-state index contributed by atoms with van der Waals surface area (Å²) in [6.45, 7) is 6.65. The summed E-state index contributed by atoms with van der Waals surface area (Å²) in [4.78, 5) is 0. The summed E-state index contributed by atoms with van der Waals surface area (Å²) < 4.78 is 6.01. The highest BCUT2D eigenvalue weighted by molar-refractivity contribution is 6.02.